The predicted octanol–water partition coefficient (Wildman–Crippen LogP) is 2.80. The van der Waals surface area contributed by atoms with Gasteiger partial charge in [0.05, 0.1) is 30.9 Å². The molecule has 8 nitrogen and oxygen atoms in total. The molecule has 0 saturated carbocycles. The van der Waals surface area contributed by atoms with Crippen molar-refractivity contribution in [1.29, 1.82) is 0 Å². The van der Waals surface area contributed by atoms with Crippen LogP contribution in [0.1, 0.15) is 21.5 Å². The maximum Gasteiger partial charge on any atom is 0.257 e. The number of methoxy groups -OCH3 is 1. The number of hydrogen-bond donors (Lipinski definition) is 3. The highest BCUT2D eigenvalue weighted by atomic mass is 16.5. The number of anilines is 2. The molecule has 0 aromatic heterocycles. The highest BCUT2D eigenvalue weighted by molar-refractivity contribution is 6.10. The van der Waals surface area contributed by atoms with Gasteiger partial charge in [-0.1, -0.05) is 36.4 Å². The van der Waals surface area contributed by atoms with E-state index in [1.165, 1.54) is 0 Å². The molecule has 4 rings (SSSR count). The van der Waals surface area contributed by atoms with Crippen molar-refractivity contribution in [2.24, 2.45) is 5.73 Å². The third-order valence-electron chi connectivity index (χ3n) is 5.81. The normalized spacial score (nSPS) is 15.1. The summed E-state index contributed by atoms with van der Waals surface area (Å²) in [6.07, 6.45) is 0.458. The molecule has 1 heterocycles. The van der Waals surface area contributed by atoms with Crippen LogP contribution in [0, 0.1) is 0 Å². The zero-order chi connectivity index (χ0) is 24.1. The van der Waals surface area contributed by atoms with Gasteiger partial charge in [0.2, 0.25) is 11.8 Å². The number of carbonyl (C=O) groups excluding carboxylic acids is 3. The Balaban J connectivity index is 1.46. The zero-order valence-corrected chi connectivity index (χ0v) is 18.8. The van der Waals surface area contributed by atoms with Crippen molar-refractivity contribution in [3.8, 4) is 5.75 Å². The van der Waals surface area contributed by atoms with Crippen LogP contribution in [0.2, 0.25) is 0 Å². The number of amides is 3. The van der Waals surface area contributed by atoms with Crippen molar-refractivity contribution >= 4 is 29.1 Å². The monoisotopic (exact) mass is 458 g/mol. The van der Waals surface area contributed by atoms with Crippen LogP contribution in [0.3, 0.4) is 0 Å². The summed E-state index contributed by atoms with van der Waals surface area (Å²) in [6, 6.07) is 21.0. The predicted molar refractivity (Wildman–Crippen MR) is 130 cm³/mol. The van der Waals surface area contributed by atoms with Crippen molar-refractivity contribution in [3.05, 3.63) is 89.5 Å². The number of hydrogen-bond acceptors (Lipinski definition) is 5. The highest BCUT2D eigenvalue weighted by Gasteiger charge is 2.31. The number of para-hydroxylation sites is 1. The molecule has 3 aromatic rings. The Morgan fingerprint density at radius 3 is 2.32 bits per heavy atom. The van der Waals surface area contributed by atoms with Crippen molar-refractivity contribution in [2.45, 2.75) is 19.0 Å². The Morgan fingerprint density at radius 1 is 0.941 bits per heavy atom. The first kappa shape index (κ1) is 23.0. The van der Waals surface area contributed by atoms with Crippen LogP contribution in [0.25, 0.3) is 0 Å². The largest absolute Gasteiger partial charge is 0.497 e. The molecule has 0 aliphatic carbocycles. The number of benzene rings is 3. The number of carbonyl (C=O) groups is 3. The lowest BCUT2D eigenvalue weighted by Crippen LogP contribution is -2.51. The van der Waals surface area contributed by atoms with Gasteiger partial charge in [0.25, 0.3) is 5.91 Å². The van der Waals surface area contributed by atoms with Gasteiger partial charge in [-0.3, -0.25) is 19.3 Å². The first-order chi connectivity index (χ1) is 16.4. The van der Waals surface area contributed by atoms with E-state index in [0.29, 0.717) is 35.7 Å². The molecule has 0 fully saturated rings. The first-order valence-electron chi connectivity index (χ1n) is 10.9. The molecular formula is C26H26N4O4. The van der Waals surface area contributed by atoms with Crippen molar-refractivity contribution in [3.63, 3.8) is 0 Å². The molecule has 1 atom stereocenters. The molecule has 0 unspecified atom stereocenters. The minimum atomic E-state index is -0.575. The number of ether oxygens (including phenoxy) is 1. The fourth-order valence-electron chi connectivity index (χ4n) is 4.06. The van der Waals surface area contributed by atoms with E-state index in [-0.39, 0.29) is 18.4 Å². The Bertz CT molecular complexity index is 1210. The van der Waals surface area contributed by atoms with E-state index in [0.717, 1.165) is 11.1 Å². The van der Waals surface area contributed by atoms with Gasteiger partial charge in [0.1, 0.15) is 5.75 Å². The Hall–Kier alpha value is -4.17. The second kappa shape index (κ2) is 10.2. The van der Waals surface area contributed by atoms with E-state index in [1.807, 2.05) is 24.3 Å². The van der Waals surface area contributed by atoms with Gasteiger partial charge in [-0.2, -0.15) is 0 Å². The van der Waals surface area contributed by atoms with Gasteiger partial charge < -0.3 is 21.1 Å². The standard InChI is InChI=1S/C26H26N4O4/c1-34-20-12-10-19(11-13-20)28-26(33)21-8-4-5-9-22(21)29-24(31)16-30-15-18-7-3-2-6-17(18)14-23(30)25(27)32/h2-13,23H,14-16H2,1H3,(H2,27,32)(H,28,33)(H,29,31)/t23-/m1/s1. The quantitative estimate of drug-likeness (QED) is 0.504. The molecule has 3 aromatic carbocycles. The molecule has 0 bridgehead atoms. The fourth-order valence-corrected chi connectivity index (χ4v) is 4.06. The van der Waals surface area contributed by atoms with E-state index >= 15 is 0 Å². The van der Waals surface area contributed by atoms with E-state index in [9.17, 15) is 14.4 Å². The van der Waals surface area contributed by atoms with Gasteiger partial charge in [0, 0.05) is 12.2 Å². The van der Waals surface area contributed by atoms with Crippen molar-refractivity contribution < 1.29 is 19.1 Å². The average molecular weight is 459 g/mol. The first-order valence-corrected chi connectivity index (χ1v) is 10.9. The van der Waals surface area contributed by atoms with Crippen molar-refractivity contribution in [2.75, 3.05) is 24.3 Å². The minimum Gasteiger partial charge on any atom is -0.497 e. The smallest absolute Gasteiger partial charge is 0.257 e. The Labute approximate surface area is 197 Å². The Morgan fingerprint density at radius 2 is 1.62 bits per heavy atom. The average Bonchev–Trinajstić information content (AvgIpc) is 2.84. The van der Waals surface area contributed by atoms with Crippen molar-refractivity contribution in [1.82, 2.24) is 4.90 Å². The van der Waals surface area contributed by atoms with Crippen LogP contribution in [-0.2, 0) is 22.6 Å². The number of rotatable bonds is 7. The lowest BCUT2D eigenvalue weighted by atomic mass is 9.93. The molecule has 174 valence electrons. The molecule has 34 heavy (non-hydrogen) atoms. The van der Waals surface area contributed by atoms with Crippen LogP contribution in [0.4, 0.5) is 11.4 Å². The number of fused-ring (bicyclic) bond motifs is 1. The molecule has 4 N–H and O–H groups in total. The molecule has 0 saturated heterocycles. The van der Waals surface area contributed by atoms with Gasteiger partial charge in [-0.05, 0) is 53.9 Å². The second-order valence-electron chi connectivity index (χ2n) is 8.07. The van der Waals surface area contributed by atoms with Gasteiger partial charge in [-0.25, -0.2) is 0 Å². The summed E-state index contributed by atoms with van der Waals surface area (Å²) in [7, 11) is 1.57. The van der Waals surface area contributed by atoms with Crippen LogP contribution in [0.15, 0.2) is 72.8 Å². The zero-order valence-electron chi connectivity index (χ0n) is 18.8. The Kier molecular flexibility index (Phi) is 6.89. The third kappa shape index (κ3) is 5.24. The van der Waals surface area contributed by atoms with Crippen LogP contribution >= 0.6 is 0 Å². The molecule has 0 spiro atoms. The van der Waals surface area contributed by atoms with E-state index in [1.54, 1.807) is 60.5 Å². The minimum absolute atomic E-state index is 0.0314. The lowest BCUT2D eigenvalue weighted by molar-refractivity contribution is -0.125. The van der Waals surface area contributed by atoms with E-state index in [2.05, 4.69) is 10.6 Å². The number of nitrogens with zero attached hydrogens (tertiary/aromatic N) is 1. The number of primary amides is 1. The molecule has 8 heteroatoms. The molecule has 1 aliphatic heterocycles. The summed E-state index contributed by atoms with van der Waals surface area (Å²) in [5, 5.41) is 5.63. The molecule has 0 radical (unpaired) electrons. The summed E-state index contributed by atoms with van der Waals surface area (Å²) in [4.78, 5) is 39.6. The molecular weight excluding hydrogens is 432 g/mol. The second-order valence-corrected chi connectivity index (χ2v) is 8.07. The summed E-state index contributed by atoms with van der Waals surface area (Å²) in [5.41, 5.74) is 9.05. The van der Waals surface area contributed by atoms with Crippen LogP contribution in [-0.4, -0.2) is 42.3 Å². The summed E-state index contributed by atoms with van der Waals surface area (Å²) >= 11 is 0. The van der Waals surface area contributed by atoms with Gasteiger partial charge >= 0.3 is 0 Å². The fraction of sp³-hybridized carbons (Fsp3) is 0.192. The van der Waals surface area contributed by atoms with Gasteiger partial charge in [-0.15, -0.1) is 0 Å². The van der Waals surface area contributed by atoms with Gasteiger partial charge in [0.15, 0.2) is 0 Å². The SMILES string of the molecule is COc1ccc(NC(=O)c2ccccc2NC(=O)CN2Cc3ccccc3C[C@@H]2C(N)=O)cc1. The van der Waals surface area contributed by atoms with Crippen LogP contribution < -0.4 is 21.1 Å². The number of nitrogens with two attached hydrogens (primary N) is 1. The summed E-state index contributed by atoms with van der Waals surface area (Å²) < 4.78 is 5.13. The summed E-state index contributed by atoms with van der Waals surface area (Å²) in [5.74, 6) is -0.486. The highest BCUT2D eigenvalue weighted by Crippen LogP contribution is 2.24. The summed E-state index contributed by atoms with van der Waals surface area (Å²) in [6.45, 7) is 0.410. The van der Waals surface area contributed by atoms with E-state index < -0.39 is 11.9 Å². The third-order valence-corrected chi connectivity index (χ3v) is 5.81. The maximum atomic E-state index is 12.9. The molecule has 1 aliphatic rings. The number of nitrogens with one attached hydrogen (secondary N) is 2. The van der Waals surface area contributed by atoms with E-state index in [4.69, 9.17) is 10.5 Å². The molecule has 3 amide bonds. The topological polar surface area (TPSA) is 114 Å². The maximum absolute atomic E-state index is 12.9. The van der Waals surface area contributed by atoms with Crippen LogP contribution in [0.5, 0.6) is 5.75 Å². The lowest BCUT2D eigenvalue weighted by Gasteiger charge is -2.34.